The number of piperazine rings is 1. The minimum Gasteiger partial charge on any atom is -0.476 e. The van der Waals surface area contributed by atoms with E-state index in [4.69, 9.17) is 14.2 Å². The lowest BCUT2D eigenvalue weighted by Crippen LogP contribution is -2.50. The molecule has 1 amide bonds. The number of anilines is 1. The number of ether oxygens (including phenoxy) is 3. The Balaban J connectivity index is 1.41. The summed E-state index contributed by atoms with van der Waals surface area (Å²) in [5.41, 5.74) is 0.583. The van der Waals surface area contributed by atoms with Crippen LogP contribution in [0.5, 0.6) is 5.88 Å². The van der Waals surface area contributed by atoms with Crippen molar-refractivity contribution in [3.63, 3.8) is 0 Å². The van der Waals surface area contributed by atoms with Gasteiger partial charge in [-0.25, -0.2) is 9.78 Å². The van der Waals surface area contributed by atoms with Gasteiger partial charge in [-0.1, -0.05) is 0 Å². The first-order valence-electron chi connectivity index (χ1n) is 10.0. The van der Waals surface area contributed by atoms with Crippen molar-refractivity contribution < 1.29 is 19.0 Å². The number of nitrogens with zero attached hydrogens (tertiary/aromatic N) is 4. The molecule has 28 heavy (non-hydrogen) atoms. The van der Waals surface area contributed by atoms with Gasteiger partial charge in [-0.2, -0.15) is 0 Å². The number of rotatable bonds is 5. The number of aromatic nitrogens is 1. The lowest BCUT2D eigenvalue weighted by atomic mass is 10.2. The minimum atomic E-state index is -0.463. The highest BCUT2D eigenvalue weighted by atomic mass is 16.6. The molecule has 8 nitrogen and oxygen atoms in total. The van der Waals surface area contributed by atoms with Gasteiger partial charge in [0.05, 0.1) is 25.1 Å². The lowest BCUT2D eigenvalue weighted by molar-refractivity contribution is 0.0240. The van der Waals surface area contributed by atoms with Crippen LogP contribution in [0.4, 0.5) is 10.5 Å². The summed E-state index contributed by atoms with van der Waals surface area (Å²) in [6.45, 7) is 13.5. The van der Waals surface area contributed by atoms with Crippen molar-refractivity contribution in [1.29, 1.82) is 0 Å². The summed E-state index contributed by atoms with van der Waals surface area (Å²) >= 11 is 0. The predicted octanol–water partition coefficient (Wildman–Crippen LogP) is 1.85. The van der Waals surface area contributed by atoms with Crippen LogP contribution in [0.2, 0.25) is 0 Å². The molecule has 0 unspecified atom stereocenters. The number of hydrogen-bond acceptors (Lipinski definition) is 7. The molecule has 156 valence electrons. The number of hydrogen-bond donors (Lipinski definition) is 0. The zero-order valence-electron chi connectivity index (χ0n) is 17.2. The summed E-state index contributed by atoms with van der Waals surface area (Å²) in [4.78, 5) is 22.9. The van der Waals surface area contributed by atoms with Gasteiger partial charge in [-0.05, 0) is 26.8 Å². The molecule has 0 atom stereocenters. The van der Waals surface area contributed by atoms with Crippen molar-refractivity contribution in [2.45, 2.75) is 26.4 Å². The molecule has 0 aromatic carbocycles. The van der Waals surface area contributed by atoms with Crippen LogP contribution in [-0.2, 0) is 9.47 Å². The second kappa shape index (κ2) is 9.43. The molecule has 0 aliphatic carbocycles. The molecule has 3 heterocycles. The Kier molecular flexibility index (Phi) is 6.96. The monoisotopic (exact) mass is 392 g/mol. The Morgan fingerprint density at radius 3 is 2.43 bits per heavy atom. The third-order valence-corrected chi connectivity index (χ3v) is 4.78. The molecular weight excluding hydrogens is 360 g/mol. The van der Waals surface area contributed by atoms with Crippen LogP contribution >= 0.6 is 0 Å². The Morgan fingerprint density at radius 1 is 1.11 bits per heavy atom. The fraction of sp³-hybridized carbons (Fsp3) is 0.700. The lowest BCUT2D eigenvalue weighted by Gasteiger charge is -2.36. The molecule has 0 saturated carbocycles. The normalized spacial score (nSPS) is 18.8. The van der Waals surface area contributed by atoms with E-state index in [2.05, 4.69) is 14.8 Å². The molecule has 0 spiro atoms. The number of morpholine rings is 1. The molecule has 1 aromatic heterocycles. The number of carbonyl (C=O) groups is 1. The van der Waals surface area contributed by atoms with Gasteiger partial charge in [0.2, 0.25) is 5.88 Å². The first-order valence-corrected chi connectivity index (χ1v) is 10.0. The molecule has 3 rings (SSSR count). The zero-order chi connectivity index (χ0) is 20.0. The van der Waals surface area contributed by atoms with Crippen molar-refractivity contribution in [2.24, 2.45) is 0 Å². The van der Waals surface area contributed by atoms with Crippen LogP contribution in [0.25, 0.3) is 0 Å². The number of amides is 1. The Hall–Kier alpha value is -2.06. The SMILES string of the molecule is CC(C)(C)OC(=O)N1CCN(c2ccc(OCCN3CCOCC3)nc2)CC1. The maximum absolute atomic E-state index is 12.2. The summed E-state index contributed by atoms with van der Waals surface area (Å²) in [6.07, 6.45) is 1.60. The highest BCUT2D eigenvalue weighted by molar-refractivity contribution is 5.68. The molecule has 2 saturated heterocycles. The third-order valence-electron chi connectivity index (χ3n) is 4.78. The number of pyridine rings is 1. The molecule has 0 radical (unpaired) electrons. The predicted molar refractivity (Wildman–Crippen MR) is 107 cm³/mol. The van der Waals surface area contributed by atoms with Crippen LogP contribution < -0.4 is 9.64 Å². The van der Waals surface area contributed by atoms with E-state index in [9.17, 15) is 4.79 Å². The average molecular weight is 393 g/mol. The molecule has 2 fully saturated rings. The molecule has 0 N–H and O–H groups in total. The molecule has 8 heteroatoms. The number of carbonyl (C=O) groups excluding carboxylic acids is 1. The second-order valence-corrected chi connectivity index (χ2v) is 8.11. The molecular formula is C20H32N4O4. The van der Waals surface area contributed by atoms with E-state index in [0.29, 0.717) is 25.6 Å². The van der Waals surface area contributed by atoms with Crippen molar-refractivity contribution >= 4 is 11.8 Å². The Labute approximate surface area is 167 Å². The van der Waals surface area contributed by atoms with Gasteiger partial charge in [0.1, 0.15) is 12.2 Å². The van der Waals surface area contributed by atoms with Gasteiger partial charge >= 0.3 is 6.09 Å². The summed E-state index contributed by atoms with van der Waals surface area (Å²) in [5, 5.41) is 0. The van der Waals surface area contributed by atoms with Crippen LogP contribution in [0.3, 0.4) is 0 Å². The van der Waals surface area contributed by atoms with Gasteiger partial charge < -0.3 is 24.0 Å². The summed E-state index contributed by atoms with van der Waals surface area (Å²) in [5.74, 6) is 0.643. The topological polar surface area (TPSA) is 67.4 Å². The van der Waals surface area contributed by atoms with Crippen LogP contribution in [0.15, 0.2) is 18.3 Å². The summed E-state index contributed by atoms with van der Waals surface area (Å²) in [7, 11) is 0. The maximum atomic E-state index is 12.2. The first-order chi connectivity index (χ1) is 13.4. The maximum Gasteiger partial charge on any atom is 0.410 e. The fourth-order valence-corrected chi connectivity index (χ4v) is 3.22. The van der Waals surface area contributed by atoms with E-state index in [1.54, 1.807) is 4.90 Å². The van der Waals surface area contributed by atoms with Gasteiger partial charge in [-0.15, -0.1) is 0 Å². The van der Waals surface area contributed by atoms with Crippen molar-refractivity contribution in [2.75, 3.05) is 70.5 Å². The summed E-state index contributed by atoms with van der Waals surface area (Å²) < 4.78 is 16.6. The minimum absolute atomic E-state index is 0.241. The van der Waals surface area contributed by atoms with Gasteiger partial charge in [-0.3, -0.25) is 4.90 Å². The largest absolute Gasteiger partial charge is 0.476 e. The van der Waals surface area contributed by atoms with E-state index >= 15 is 0 Å². The second-order valence-electron chi connectivity index (χ2n) is 8.11. The van der Waals surface area contributed by atoms with E-state index in [1.165, 1.54) is 0 Å². The first kappa shape index (κ1) is 20.7. The highest BCUT2D eigenvalue weighted by Crippen LogP contribution is 2.19. The van der Waals surface area contributed by atoms with Crippen molar-refractivity contribution in [3.8, 4) is 5.88 Å². The quantitative estimate of drug-likeness (QED) is 0.757. The van der Waals surface area contributed by atoms with Crippen LogP contribution in [-0.4, -0.2) is 92.1 Å². The molecule has 2 aliphatic heterocycles. The van der Waals surface area contributed by atoms with E-state index in [-0.39, 0.29) is 6.09 Å². The standard InChI is InChI=1S/C20H32N4O4/c1-20(2,3)28-19(25)24-8-6-23(7-9-24)17-4-5-18(21-16-17)27-15-12-22-10-13-26-14-11-22/h4-5,16H,6-15H2,1-3H3. The van der Waals surface area contributed by atoms with Crippen molar-refractivity contribution in [3.05, 3.63) is 18.3 Å². The van der Waals surface area contributed by atoms with Crippen molar-refractivity contribution in [1.82, 2.24) is 14.8 Å². The van der Waals surface area contributed by atoms with Gasteiger partial charge in [0, 0.05) is 51.9 Å². The zero-order valence-corrected chi connectivity index (χ0v) is 17.2. The Morgan fingerprint density at radius 2 is 1.82 bits per heavy atom. The Bertz CT molecular complexity index is 618. The molecule has 2 aliphatic rings. The van der Waals surface area contributed by atoms with E-state index in [0.717, 1.165) is 51.6 Å². The molecule has 1 aromatic rings. The smallest absolute Gasteiger partial charge is 0.410 e. The van der Waals surface area contributed by atoms with Crippen LogP contribution in [0, 0.1) is 0 Å². The van der Waals surface area contributed by atoms with E-state index in [1.807, 2.05) is 39.1 Å². The van der Waals surface area contributed by atoms with Crippen LogP contribution in [0.1, 0.15) is 20.8 Å². The van der Waals surface area contributed by atoms with Gasteiger partial charge in [0.15, 0.2) is 0 Å². The fourth-order valence-electron chi connectivity index (χ4n) is 3.22. The summed E-state index contributed by atoms with van der Waals surface area (Å²) in [6, 6.07) is 3.94. The molecule has 0 bridgehead atoms. The average Bonchev–Trinajstić information content (AvgIpc) is 2.68. The van der Waals surface area contributed by atoms with E-state index < -0.39 is 5.60 Å². The highest BCUT2D eigenvalue weighted by Gasteiger charge is 2.26. The third kappa shape index (κ3) is 6.24. The van der Waals surface area contributed by atoms with Gasteiger partial charge in [0.25, 0.3) is 0 Å².